The van der Waals surface area contributed by atoms with Crippen LogP contribution >= 0.6 is 0 Å². The predicted molar refractivity (Wildman–Crippen MR) is 120 cm³/mol. The number of carbonyl (C=O) groups excluding carboxylic acids is 1. The number of nitrogens with two attached hydrogens (primary N) is 1. The van der Waals surface area contributed by atoms with Crippen LogP contribution in [-0.2, 0) is 0 Å². The van der Waals surface area contributed by atoms with E-state index in [1.807, 2.05) is 19.2 Å². The van der Waals surface area contributed by atoms with E-state index in [0.717, 1.165) is 50.2 Å². The summed E-state index contributed by atoms with van der Waals surface area (Å²) < 4.78 is 14.3. The van der Waals surface area contributed by atoms with Crippen molar-refractivity contribution in [1.29, 1.82) is 0 Å². The Kier molecular flexibility index (Phi) is 6.18. The molecule has 2 saturated heterocycles. The molecule has 0 radical (unpaired) electrons. The largest absolute Gasteiger partial charge is 0.355 e. The minimum absolute atomic E-state index is 0.0983. The molecule has 2 atom stereocenters. The van der Waals surface area contributed by atoms with Crippen LogP contribution in [0.3, 0.4) is 0 Å². The predicted octanol–water partition coefficient (Wildman–Crippen LogP) is 2.93. The molecule has 1 unspecified atom stereocenters. The number of halogens is 1. The molecule has 4 rings (SSSR count). The maximum absolute atomic E-state index is 14.3. The first-order valence-electron chi connectivity index (χ1n) is 10.8. The Hall–Kier alpha value is -3.00. The van der Waals surface area contributed by atoms with Crippen molar-refractivity contribution in [3.63, 3.8) is 0 Å². The van der Waals surface area contributed by atoms with Gasteiger partial charge in [-0.1, -0.05) is 12.1 Å². The van der Waals surface area contributed by atoms with E-state index in [1.165, 1.54) is 12.1 Å². The van der Waals surface area contributed by atoms with Crippen LogP contribution in [0.1, 0.15) is 43.0 Å². The third-order valence-corrected chi connectivity index (χ3v) is 6.06. The van der Waals surface area contributed by atoms with Crippen molar-refractivity contribution in [1.82, 2.24) is 14.8 Å². The Balaban J connectivity index is 1.65. The fourth-order valence-corrected chi connectivity index (χ4v) is 4.43. The number of benzene rings is 1. The second-order valence-corrected chi connectivity index (χ2v) is 8.29. The summed E-state index contributed by atoms with van der Waals surface area (Å²) in [5, 5.41) is 5.72. The van der Waals surface area contributed by atoms with Crippen molar-refractivity contribution in [3.05, 3.63) is 59.3 Å². The Morgan fingerprint density at radius 3 is 2.81 bits per heavy atom. The molecule has 8 heteroatoms. The van der Waals surface area contributed by atoms with E-state index in [1.54, 1.807) is 22.0 Å². The number of aliphatic imine (C=N–C) groups is 1. The van der Waals surface area contributed by atoms with Gasteiger partial charge in [0.15, 0.2) is 5.82 Å². The smallest absolute Gasteiger partial charge is 0.257 e. The zero-order valence-electron chi connectivity index (χ0n) is 17.9. The number of hydrogen-bond acceptors (Lipinski definition) is 6. The summed E-state index contributed by atoms with van der Waals surface area (Å²) in [7, 11) is 0. The number of carbonyl (C=O) groups is 1. The van der Waals surface area contributed by atoms with Crippen LogP contribution in [0.15, 0.2) is 58.0 Å². The third-order valence-electron chi connectivity index (χ3n) is 6.06. The van der Waals surface area contributed by atoms with Crippen LogP contribution in [0, 0.1) is 5.82 Å². The summed E-state index contributed by atoms with van der Waals surface area (Å²) in [6, 6.07) is 6.08. The molecule has 7 nitrogen and oxygen atoms in total. The number of piperidine rings is 1. The van der Waals surface area contributed by atoms with Crippen molar-refractivity contribution in [2.24, 2.45) is 15.8 Å². The van der Waals surface area contributed by atoms with Gasteiger partial charge in [-0.05, 0) is 50.8 Å². The van der Waals surface area contributed by atoms with Gasteiger partial charge in [-0.15, -0.1) is 0 Å². The second kappa shape index (κ2) is 9.01. The van der Waals surface area contributed by atoms with E-state index < -0.39 is 5.82 Å². The molecule has 0 spiro atoms. The molecule has 31 heavy (non-hydrogen) atoms. The monoisotopic (exact) mass is 424 g/mol. The van der Waals surface area contributed by atoms with E-state index >= 15 is 0 Å². The summed E-state index contributed by atoms with van der Waals surface area (Å²) in [5.41, 5.74) is 7.18. The summed E-state index contributed by atoms with van der Waals surface area (Å²) in [4.78, 5) is 21.9. The standard InChI is InChI=1S/C23H29FN6O/c1-16-14-30(26-2)21(27-22(16)28-12-10-17(25)15-28)13-18-7-5-6-11-29(18)23(31)19-8-3-4-9-20(19)24/h3-4,8-9,13-14,17-18H,2,5-7,10-12,15,25H2,1H3/b21-13-/t17-,18?/m0/s1. The average Bonchev–Trinajstić information content (AvgIpc) is 3.21. The molecule has 0 bridgehead atoms. The van der Waals surface area contributed by atoms with Gasteiger partial charge < -0.3 is 15.5 Å². The maximum Gasteiger partial charge on any atom is 0.257 e. The number of rotatable bonds is 3. The van der Waals surface area contributed by atoms with E-state index in [4.69, 9.17) is 10.7 Å². The second-order valence-electron chi connectivity index (χ2n) is 8.29. The number of nitrogens with zero attached hydrogens (tertiary/aromatic N) is 5. The number of hydrazone groups is 1. The maximum atomic E-state index is 14.3. The van der Waals surface area contributed by atoms with Gasteiger partial charge >= 0.3 is 0 Å². The van der Waals surface area contributed by atoms with Crippen LogP contribution in [0.25, 0.3) is 0 Å². The first-order chi connectivity index (χ1) is 15.0. The van der Waals surface area contributed by atoms with Crippen molar-refractivity contribution in [2.75, 3.05) is 19.6 Å². The highest BCUT2D eigenvalue weighted by Gasteiger charge is 2.30. The molecule has 0 aromatic heterocycles. The Labute approximate surface area is 182 Å². The lowest BCUT2D eigenvalue weighted by atomic mass is 10.00. The molecule has 3 aliphatic heterocycles. The molecule has 164 valence electrons. The SMILES string of the molecule is C=NN1C=C(C)C(N2CC[C@H](N)C2)=N/C1=C/C1CCCCN1C(=O)c1ccccc1F. The highest BCUT2D eigenvalue weighted by Crippen LogP contribution is 2.27. The molecule has 3 heterocycles. The van der Waals surface area contributed by atoms with Crippen LogP contribution < -0.4 is 5.73 Å². The van der Waals surface area contributed by atoms with Crippen molar-refractivity contribution < 1.29 is 9.18 Å². The minimum Gasteiger partial charge on any atom is -0.355 e. The zero-order chi connectivity index (χ0) is 22.0. The normalized spacial score (nSPS) is 25.5. The highest BCUT2D eigenvalue weighted by atomic mass is 19.1. The molecule has 1 aromatic rings. The number of hydrogen-bond donors (Lipinski definition) is 1. The lowest BCUT2D eigenvalue weighted by molar-refractivity contribution is 0.0657. The van der Waals surface area contributed by atoms with E-state index in [-0.39, 0.29) is 23.6 Å². The summed E-state index contributed by atoms with van der Waals surface area (Å²) >= 11 is 0. The fraction of sp³-hybridized carbons (Fsp3) is 0.435. The first-order valence-corrected chi connectivity index (χ1v) is 10.8. The van der Waals surface area contributed by atoms with Crippen LogP contribution in [0.5, 0.6) is 0 Å². The molecule has 0 aliphatic carbocycles. The summed E-state index contributed by atoms with van der Waals surface area (Å²) in [6.07, 6.45) is 7.45. The van der Waals surface area contributed by atoms with Gasteiger partial charge in [-0.3, -0.25) is 4.79 Å². The van der Waals surface area contributed by atoms with Crippen LogP contribution in [-0.4, -0.2) is 65.0 Å². The van der Waals surface area contributed by atoms with Gasteiger partial charge in [0.25, 0.3) is 5.91 Å². The highest BCUT2D eigenvalue weighted by molar-refractivity contribution is 5.99. The lowest BCUT2D eigenvalue weighted by Crippen LogP contribution is -2.43. The molecule has 1 aromatic carbocycles. The average molecular weight is 425 g/mol. The van der Waals surface area contributed by atoms with Gasteiger partial charge in [0.2, 0.25) is 0 Å². The van der Waals surface area contributed by atoms with Crippen molar-refractivity contribution in [2.45, 2.75) is 44.7 Å². The quantitative estimate of drug-likeness (QED) is 0.757. The summed E-state index contributed by atoms with van der Waals surface area (Å²) in [5.74, 6) is 0.701. The molecule has 3 aliphatic rings. The molecular weight excluding hydrogens is 395 g/mol. The van der Waals surface area contributed by atoms with Crippen molar-refractivity contribution in [3.8, 4) is 0 Å². The Bertz CT molecular complexity index is 955. The lowest BCUT2D eigenvalue weighted by Gasteiger charge is -2.35. The number of amides is 1. The Morgan fingerprint density at radius 2 is 2.10 bits per heavy atom. The van der Waals surface area contributed by atoms with E-state index in [9.17, 15) is 9.18 Å². The minimum atomic E-state index is -0.499. The van der Waals surface area contributed by atoms with Gasteiger partial charge in [0, 0.05) is 44.2 Å². The molecule has 0 saturated carbocycles. The number of likely N-dealkylation sites (tertiary alicyclic amines) is 2. The van der Waals surface area contributed by atoms with Gasteiger partial charge in [-0.25, -0.2) is 14.4 Å². The van der Waals surface area contributed by atoms with E-state index in [2.05, 4.69) is 16.7 Å². The van der Waals surface area contributed by atoms with Crippen LogP contribution in [0.4, 0.5) is 4.39 Å². The van der Waals surface area contributed by atoms with Gasteiger partial charge in [-0.2, -0.15) is 5.10 Å². The molecule has 2 fully saturated rings. The molecular formula is C23H29FN6O. The Morgan fingerprint density at radius 1 is 1.29 bits per heavy atom. The first kappa shape index (κ1) is 21.2. The molecule has 2 N–H and O–H groups in total. The fourth-order valence-electron chi connectivity index (χ4n) is 4.43. The third kappa shape index (κ3) is 4.39. The summed E-state index contributed by atoms with van der Waals surface area (Å²) in [6.45, 7) is 7.87. The van der Waals surface area contributed by atoms with Crippen molar-refractivity contribution >= 4 is 18.5 Å². The van der Waals surface area contributed by atoms with E-state index in [0.29, 0.717) is 12.4 Å². The molecule has 1 amide bonds. The van der Waals surface area contributed by atoms with Crippen LogP contribution in [0.2, 0.25) is 0 Å². The van der Waals surface area contributed by atoms with Gasteiger partial charge in [0.05, 0.1) is 11.6 Å². The zero-order valence-corrected chi connectivity index (χ0v) is 17.9. The topological polar surface area (TPSA) is 77.5 Å². The number of amidine groups is 1. The van der Waals surface area contributed by atoms with Gasteiger partial charge in [0.1, 0.15) is 11.7 Å².